The van der Waals surface area contributed by atoms with Crippen molar-refractivity contribution in [3.05, 3.63) is 88.6 Å². The second kappa shape index (κ2) is 10.8. The Bertz CT molecular complexity index is 1080. The van der Waals surface area contributed by atoms with Gasteiger partial charge in [0.25, 0.3) is 5.91 Å². The minimum Gasteiger partial charge on any atom is -0.379 e. The van der Waals surface area contributed by atoms with Crippen LogP contribution in [0.4, 0.5) is 0 Å². The number of aromatic nitrogens is 1. The molecule has 1 aliphatic heterocycles. The number of nitrogens with zero attached hydrogens (tertiary/aromatic N) is 2. The molecule has 1 aliphatic rings. The molecule has 4 rings (SSSR count). The zero-order valence-corrected chi connectivity index (χ0v) is 19.5. The lowest BCUT2D eigenvalue weighted by atomic mass is 10.1. The monoisotopic (exact) mass is 447 g/mol. The van der Waals surface area contributed by atoms with Crippen molar-refractivity contribution in [1.29, 1.82) is 0 Å². The van der Waals surface area contributed by atoms with Crippen molar-refractivity contribution in [2.45, 2.75) is 36.9 Å². The highest BCUT2D eigenvalue weighted by Crippen LogP contribution is 2.31. The number of nitrogens with one attached hydrogen (secondary N) is 1. The molecule has 0 aliphatic carbocycles. The summed E-state index contributed by atoms with van der Waals surface area (Å²) in [4.78, 5) is 21.1. The molecular formula is C26H29N3O2S. The van der Waals surface area contributed by atoms with Gasteiger partial charge in [-0.2, -0.15) is 0 Å². The van der Waals surface area contributed by atoms with Crippen molar-refractivity contribution in [2.75, 3.05) is 26.3 Å². The summed E-state index contributed by atoms with van der Waals surface area (Å²) in [6.07, 6.45) is 1.74. The summed E-state index contributed by atoms with van der Waals surface area (Å²) >= 11 is 1.54. The molecule has 0 spiro atoms. The number of amides is 1. The van der Waals surface area contributed by atoms with Crippen LogP contribution in [0.2, 0.25) is 0 Å². The molecule has 0 unspecified atom stereocenters. The van der Waals surface area contributed by atoms with E-state index < -0.39 is 0 Å². The SMILES string of the molecule is Cc1ccc(Sc2ncccc2C(=O)NCc2ccccc2CN2CCOCC2)c(C)c1. The largest absolute Gasteiger partial charge is 0.379 e. The standard InChI is InChI=1S/C26H29N3O2S/c1-19-9-10-24(20(2)16-19)32-26-23(8-5-11-27-26)25(30)28-17-21-6-3-4-7-22(21)18-29-12-14-31-15-13-29/h3-11,16H,12-15,17-18H2,1-2H3,(H,28,30). The Hall–Kier alpha value is -2.67. The summed E-state index contributed by atoms with van der Waals surface area (Å²) in [6.45, 7) is 8.96. The Labute approximate surface area is 194 Å². The highest BCUT2D eigenvalue weighted by Gasteiger charge is 2.16. The molecule has 1 fully saturated rings. The first-order valence-electron chi connectivity index (χ1n) is 11.0. The molecule has 0 saturated carbocycles. The number of carbonyl (C=O) groups excluding carboxylic acids is 1. The van der Waals surface area contributed by atoms with Gasteiger partial charge in [0.15, 0.2) is 0 Å². The van der Waals surface area contributed by atoms with Crippen LogP contribution in [0.25, 0.3) is 0 Å². The fraction of sp³-hybridized carbons (Fsp3) is 0.308. The quantitative estimate of drug-likeness (QED) is 0.573. The van der Waals surface area contributed by atoms with Crippen molar-refractivity contribution in [3.63, 3.8) is 0 Å². The number of hydrogen-bond donors (Lipinski definition) is 1. The Balaban J connectivity index is 1.45. The predicted molar refractivity (Wildman–Crippen MR) is 128 cm³/mol. The van der Waals surface area contributed by atoms with E-state index in [2.05, 4.69) is 65.4 Å². The first-order valence-corrected chi connectivity index (χ1v) is 11.8. The fourth-order valence-electron chi connectivity index (χ4n) is 3.82. The zero-order valence-electron chi connectivity index (χ0n) is 18.6. The normalized spacial score (nSPS) is 14.3. The minimum atomic E-state index is -0.105. The molecule has 6 heteroatoms. The lowest BCUT2D eigenvalue weighted by Crippen LogP contribution is -2.36. The lowest BCUT2D eigenvalue weighted by Gasteiger charge is -2.27. The first kappa shape index (κ1) is 22.5. The summed E-state index contributed by atoms with van der Waals surface area (Å²) in [7, 11) is 0. The minimum absolute atomic E-state index is 0.105. The molecule has 166 valence electrons. The number of rotatable bonds is 7. The van der Waals surface area contributed by atoms with Gasteiger partial charge in [0.1, 0.15) is 5.03 Å². The Morgan fingerprint density at radius 2 is 1.84 bits per heavy atom. The second-order valence-electron chi connectivity index (χ2n) is 8.07. The molecule has 0 bridgehead atoms. The Morgan fingerprint density at radius 1 is 1.06 bits per heavy atom. The van der Waals surface area contributed by atoms with Crippen LogP contribution in [0.1, 0.15) is 32.6 Å². The Kier molecular flexibility index (Phi) is 7.58. The van der Waals surface area contributed by atoms with Gasteiger partial charge in [0.05, 0.1) is 18.8 Å². The van der Waals surface area contributed by atoms with Crippen molar-refractivity contribution < 1.29 is 9.53 Å². The molecule has 2 heterocycles. The van der Waals surface area contributed by atoms with Crippen molar-refractivity contribution in [2.24, 2.45) is 0 Å². The van der Waals surface area contributed by atoms with E-state index in [0.717, 1.165) is 48.3 Å². The molecule has 1 amide bonds. The van der Waals surface area contributed by atoms with E-state index in [1.165, 1.54) is 28.5 Å². The molecular weight excluding hydrogens is 418 g/mol. The smallest absolute Gasteiger partial charge is 0.254 e. The summed E-state index contributed by atoms with van der Waals surface area (Å²) < 4.78 is 5.46. The molecule has 0 atom stereocenters. The molecule has 3 aromatic rings. The van der Waals surface area contributed by atoms with Crippen LogP contribution in [0.15, 0.2) is 70.7 Å². The van der Waals surface area contributed by atoms with Gasteiger partial charge in [-0.1, -0.05) is 53.7 Å². The van der Waals surface area contributed by atoms with Gasteiger partial charge < -0.3 is 10.1 Å². The van der Waals surface area contributed by atoms with Gasteiger partial charge in [0, 0.05) is 37.3 Å². The van der Waals surface area contributed by atoms with Gasteiger partial charge in [0.2, 0.25) is 0 Å². The molecule has 5 nitrogen and oxygen atoms in total. The highest BCUT2D eigenvalue weighted by molar-refractivity contribution is 7.99. The third-order valence-corrected chi connectivity index (χ3v) is 6.80. The number of aryl methyl sites for hydroxylation is 2. The van der Waals surface area contributed by atoms with E-state index >= 15 is 0 Å². The molecule has 1 aromatic heterocycles. The summed E-state index contributed by atoms with van der Waals surface area (Å²) in [5.41, 5.74) is 5.39. The van der Waals surface area contributed by atoms with Crippen LogP contribution >= 0.6 is 11.8 Å². The number of benzene rings is 2. The molecule has 1 saturated heterocycles. The average Bonchev–Trinajstić information content (AvgIpc) is 2.81. The van der Waals surface area contributed by atoms with Gasteiger partial charge in [-0.15, -0.1) is 0 Å². The second-order valence-corrected chi connectivity index (χ2v) is 9.10. The molecule has 1 N–H and O–H groups in total. The zero-order chi connectivity index (χ0) is 22.3. The fourth-order valence-corrected chi connectivity index (χ4v) is 4.77. The van der Waals surface area contributed by atoms with Crippen LogP contribution < -0.4 is 5.32 Å². The molecule has 0 radical (unpaired) electrons. The maximum absolute atomic E-state index is 13.1. The predicted octanol–water partition coefficient (Wildman–Crippen LogP) is 4.61. The van der Waals surface area contributed by atoms with E-state index in [1.807, 2.05) is 18.2 Å². The van der Waals surface area contributed by atoms with Crippen LogP contribution in [0.5, 0.6) is 0 Å². The average molecular weight is 448 g/mol. The maximum Gasteiger partial charge on any atom is 0.254 e. The van der Waals surface area contributed by atoms with E-state index in [0.29, 0.717) is 12.1 Å². The molecule has 2 aromatic carbocycles. The lowest BCUT2D eigenvalue weighted by molar-refractivity contribution is 0.0340. The number of carbonyl (C=O) groups is 1. The van der Waals surface area contributed by atoms with Gasteiger partial charge in [-0.05, 0) is 48.7 Å². The summed E-state index contributed by atoms with van der Waals surface area (Å²) in [5.74, 6) is -0.105. The third-order valence-electron chi connectivity index (χ3n) is 5.61. The van der Waals surface area contributed by atoms with Crippen molar-refractivity contribution >= 4 is 17.7 Å². The topological polar surface area (TPSA) is 54.5 Å². The van der Waals surface area contributed by atoms with Crippen LogP contribution in [0.3, 0.4) is 0 Å². The Morgan fingerprint density at radius 3 is 2.62 bits per heavy atom. The summed E-state index contributed by atoms with van der Waals surface area (Å²) in [6, 6.07) is 18.3. The summed E-state index contributed by atoms with van der Waals surface area (Å²) in [5, 5.41) is 3.83. The molecule has 32 heavy (non-hydrogen) atoms. The van der Waals surface area contributed by atoms with E-state index in [-0.39, 0.29) is 5.91 Å². The van der Waals surface area contributed by atoms with E-state index in [4.69, 9.17) is 4.74 Å². The third kappa shape index (κ3) is 5.76. The number of morpholine rings is 1. The maximum atomic E-state index is 13.1. The van der Waals surface area contributed by atoms with Crippen molar-refractivity contribution in [3.8, 4) is 0 Å². The van der Waals surface area contributed by atoms with Crippen LogP contribution in [-0.2, 0) is 17.8 Å². The highest BCUT2D eigenvalue weighted by atomic mass is 32.2. The number of ether oxygens (including phenoxy) is 1. The van der Waals surface area contributed by atoms with Crippen LogP contribution in [0, 0.1) is 13.8 Å². The van der Waals surface area contributed by atoms with Gasteiger partial charge in [-0.3, -0.25) is 9.69 Å². The van der Waals surface area contributed by atoms with E-state index in [1.54, 1.807) is 6.20 Å². The van der Waals surface area contributed by atoms with Crippen LogP contribution in [-0.4, -0.2) is 42.1 Å². The van der Waals surface area contributed by atoms with E-state index in [9.17, 15) is 4.79 Å². The number of hydrogen-bond acceptors (Lipinski definition) is 5. The number of pyridine rings is 1. The first-order chi connectivity index (χ1) is 15.6. The van der Waals surface area contributed by atoms with Gasteiger partial charge in [-0.25, -0.2) is 4.98 Å². The van der Waals surface area contributed by atoms with Crippen molar-refractivity contribution in [1.82, 2.24) is 15.2 Å². The van der Waals surface area contributed by atoms with Gasteiger partial charge >= 0.3 is 0 Å².